The first-order chi connectivity index (χ1) is 10.1. The molecule has 0 radical (unpaired) electrons. The van der Waals surface area contributed by atoms with Crippen molar-refractivity contribution in [3.8, 4) is 0 Å². The molecule has 0 aromatic heterocycles. The van der Waals surface area contributed by atoms with E-state index in [9.17, 15) is 4.79 Å². The number of carbonyl (C=O) groups excluding carboxylic acids is 1. The first kappa shape index (κ1) is 21.5. The predicted molar refractivity (Wildman–Crippen MR) is 95.8 cm³/mol. The summed E-state index contributed by atoms with van der Waals surface area (Å²) in [7, 11) is 1.42. The third-order valence-corrected chi connectivity index (χ3v) is 5.45. The van der Waals surface area contributed by atoms with Gasteiger partial charge in [0.2, 0.25) is 0 Å². The van der Waals surface area contributed by atoms with Crippen LogP contribution in [0.1, 0.15) is 81.1 Å². The zero-order valence-corrected chi connectivity index (χ0v) is 16.5. The van der Waals surface area contributed by atoms with Gasteiger partial charge in [0.15, 0.2) is 0 Å². The molecule has 2 aliphatic rings. The van der Waals surface area contributed by atoms with Crippen LogP contribution in [0.5, 0.6) is 0 Å². The lowest BCUT2D eigenvalue weighted by atomic mass is 9.82. The van der Waals surface area contributed by atoms with Crippen LogP contribution in [-0.4, -0.2) is 13.1 Å². The van der Waals surface area contributed by atoms with E-state index in [2.05, 4.69) is 39.4 Å². The maximum Gasteiger partial charge on any atom is 0.311 e. The van der Waals surface area contributed by atoms with Gasteiger partial charge in [0.1, 0.15) is 0 Å². The van der Waals surface area contributed by atoms with E-state index in [-0.39, 0.29) is 11.4 Å². The standard InChI is InChI=1S/C9H16.C7H14O2.C4H10/c1-6-7(2)9-4-3-8(6)5-9;1-5-7(2,3)6(8)9-4;1-4(2)3/h6-9H,3-5H2,1-2H3;5H2,1-4H3;4H,1-3H3/t6-,7+,8?,9?;;. The molecule has 2 heteroatoms. The molecule has 0 spiro atoms. The highest BCUT2D eigenvalue weighted by Gasteiger charge is 2.42. The van der Waals surface area contributed by atoms with Crippen molar-refractivity contribution in [2.45, 2.75) is 81.1 Å². The van der Waals surface area contributed by atoms with Crippen molar-refractivity contribution in [1.29, 1.82) is 0 Å². The van der Waals surface area contributed by atoms with Crippen molar-refractivity contribution in [3.05, 3.63) is 0 Å². The van der Waals surface area contributed by atoms with E-state index in [4.69, 9.17) is 0 Å². The summed E-state index contributed by atoms with van der Waals surface area (Å²) in [5, 5.41) is 0. The lowest BCUT2D eigenvalue weighted by Crippen LogP contribution is -2.24. The molecule has 132 valence electrons. The zero-order valence-electron chi connectivity index (χ0n) is 16.5. The van der Waals surface area contributed by atoms with Gasteiger partial charge in [-0.2, -0.15) is 0 Å². The van der Waals surface area contributed by atoms with E-state index in [1.165, 1.54) is 20.0 Å². The van der Waals surface area contributed by atoms with Gasteiger partial charge in [-0.1, -0.05) is 41.5 Å². The Balaban J connectivity index is 0.000000326. The number of ether oxygens (including phenoxy) is 1. The summed E-state index contributed by atoms with van der Waals surface area (Å²) in [4.78, 5) is 10.8. The second kappa shape index (κ2) is 9.57. The van der Waals surface area contributed by atoms with Crippen molar-refractivity contribution >= 4 is 5.97 Å². The van der Waals surface area contributed by atoms with E-state index in [0.29, 0.717) is 0 Å². The average Bonchev–Trinajstić information content (AvgIpc) is 3.02. The Morgan fingerprint density at radius 1 is 1.09 bits per heavy atom. The number of rotatable bonds is 2. The van der Waals surface area contributed by atoms with Crippen LogP contribution in [0, 0.1) is 35.0 Å². The molecular weight excluding hydrogens is 272 g/mol. The van der Waals surface area contributed by atoms with E-state index in [1.54, 1.807) is 6.42 Å². The van der Waals surface area contributed by atoms with Crippen LogP contribution in [0.25, 0.3) is 0 Å². The molecule has 0 amide bonds. The molecule has 0 aromatic carbocycles. The van der Waals surface area contributed by atoms with Gasteiger partial charge >= 0.3 is 5.97 Å². The van der Waals surface area contributed by atoms with Gasteiger partial charge in [-0.05, 0) is 69.1 Å². The number of hydrogen-bond donors (Lipinski definition) is 0. The summed E-state index contributed by atoms with van der Waals surface area (Å²) < 4.78 is 4.57. The van der Waals surface area contributed by atoms with E-state index in [0.717, 1.165) is 36.0 Å². The summed E-state index contributed by atoms with van der Waals surface area (Å²) in [5.41, 5.74) is -0.311. The normalized spacial score (nSPS) is 29.4. The highest BCUT2D eigenvalue weighted by molar-refractivity contribution is 5.75. The maximum absolute atomic E-state index is 10.8. The van der Waals surface area contributed by atoms with E-state index < -0.39 is 0 Å². The van der Waals surface area contributed by atoms with Crippen LogP contribution >= 0.6 is 0 Å². The van der Waals surface area contributed by atoms with Gasteiger partial charge in [-0.3, -0.25) is 4.79 Å². The molecule has 0 aromatic rings. The zero-order chi connectivity index (χ0) is 17.5. The quantitative estimate of drug-likeness (QED) is 0.589. The van der Waals surface area contributed by atoms with Crippen molar-refractivity contribution in [3.63, 3.8) is 0 Å². The summed E-state index contributed by atoms with van der Waals surface area (Å²) >= 11 is 0. The Morgan fingerprint density at radius 2 is 1.45 bits per heavy atom. The fourth-order valence-corrected chi connectivity index (χ4v) is 3.29. The van der Waals surface area contributed by atoms with Gasteiger partial charge in [0, 0.05) is 0 Å². The highest BCUT2D eigenvalue weighted by Crippen LogP contribution is 2.51. The van der Waals surface area contributed by atoms with Crippen molar-refractivity contribution in [2.24, 2.45) is 35.0 Å². The largest absolute Gasteiger partial charge is 0.469 e. The minimum atomic E-state index is -0.311. The Kier molecular flexibility index (Phi) is 9.34. The number of carbonyl (C=O) groups is 1. The highest BCUT2D eigenvalue weighted by atomic mass is 16.5. The minimum absolute atomic E-state index is 0.134. The van der Waals surface area contributed by atoms with E-state index >= 15 is 0 Å². The molecule has 2 unspecified atom stereocenters. The van der Waals surface area contributed by atoms with Crippen LogP contribution in [0.3, 0.4) is 0 Å². The molecule has 2 aliphatic carbocycles. The summed E-state index contributed by atoms with van der Waals surface area (Å²) in [5.74, 6) is 5.02. The fraction of sp³-hybridized carbons (Fsp3) is 0.950. The van der Waals surface area contributed by atoms with Crippen LogP contribution in [0.2, 0.25) is 0 Å². The average molecular weight is 313 g/mol. The van der Waals surface area contributed by atoms with E-state index in [1.807, 2.05) is 20.8 Å². The molecule has 4 atom stereocenters. The molecule has 2 nitrogen and oxygen atoms in total. The topological polar surface area (TPSA) is 26.3 Å². The third kappa shape index (κ3) is 6.71. The lowest BCUT2D eigenvalue weighted by molar-refractivity contribution is -0.150. The SMILES string of the molecule is CC(C)C.CCC(C)(C)C(=O)OC.C[C@@H]1C2CCC(C2)[C@@H]1C. The van der Waals surface area contributed by atoms with Crippen molar-refractivity contribution < 1.29 is 9.53 Å². The molecule has 0 heterocycles. The number of esters is 1. The molecule has 0 saturated heterocycles. The van der Waals surface area contributed by atoms with Crippen molar-refractivity contribution in [2.75, 3.05) is 7.11 Å². The van der Waals surface area contributed by atoms with Crippen LogP contribution in [-0.2, 0) is 9.53 Å². The lowest BCUT2D eigenvalue weighted by Gasteiger charge is -2.24. The van der Waals surface area contributed by atoms with Gasteiger partial charge < -0.3 is 4.74 Å². The molecule has 2 rings (SSSR count). The molecule has 0 N–H and O–H groups in total. The van der Waals surface area contributed by atoms with Gasteiger partial charge in [0.25, 0.3) is 0 Å². The van der Waals surface area contributed by atoms with Crippen LogP contribution in [0.15, 0.2) is 0 Å². The molecule has 2 saturated carbocycles. The Morgan fingerprint density at radius 3 is 1.59 bits per heavy atom. The van der Waals surface area contributed by atoms with Gasteiger partial charge in [-0.25, -0.2) is 0 Å². The Bertz CT molecular complexity index is 299. The molecule has 2 bridgehead atoms. The number of fused-ring (bicyclic) bond motifs is 2. The maximum atomic E-state index is 10.8. The first-order valence-corrected chi connectivity index (χ1v) is 9.15. The summed E-state index contributed by atoms with van der Waals surface area (Å²) in [6, 6.07) is 0. The number of hydrogen-bond acceptors (Lipinski definition) is 2. The van der Waals surface area contributed by atoms with Gasteiger partial charge in [0.05, 0.1) is 12.5 Å². The second-order valence-corrected chi connectivity index (χ2v) is 8.51. The van der Waals surface area contributed by atoms with Crippen LogP contribution in [0.4, 0.5) is 0 Å². The van der Waals surface area contributed by atoms with Crippen LogP contribution < -0.4 is 0 Å². The summed E-state index contributed by atoms with van der Waals surface area (Å²) in [6.45, 7) is 17.1. The van der Waals surface area contributed by atoms with Crippen molar-refractivity contribution in [1.82, 2.24) is 0 Å². The fourth-order valence-electron chi connectivity index (χ4n) is 3.29. The summed E-state index contributed by atoms with van der Waals surface area (Å²) in [6.07, 6.45) is 5.45. The molecule has 0 aliphatic heterocycles. The third-order valence-electron chi connectivity index (χ3n) is 5.45. The Hall–Kier alpha value is -0.530. The van der Waals surface area contributed by atoms with Gasteiger partial charge in [-0.15, -0.1) is 0 Å². The molecular formula is C20H40O2. The number of methoxy groups -OCH3 is 1. The smallest absolute Gasteiger partial charge is 0.311 e. The molecule has 2 fully saturated rings. The monoisotopic (exact) mass is 312 g/mol. The minimum Gasteiger partial charge on any atom is -0.469 e. The predicted octanol–water partition coefficient (Wildman–Crippen LogP) is 5.95. The second-order valence-electron chi connectivity index (χ2n) is 8.51. The Labute approximate surface area is 139 Å². The first-order valence-electron chi connectivity index (χ1n) is 9.15. The molecule has 22 heavy (non-hydrogen) atoms.